The monoisotopic (exact) mass is 315 g/mol. The minimum Gasteiger partial charge on any atom is -0.346 e. The predicted octanol–water partition coefficient (Wildman–Crippen LogP) is 4.47. The Kier molecular flexibility index (Phi) is 4.31. The fourth-order valence-corrected chi connectivity index (χ4v) is 3.78. The van der Waals surface area contributed by atoms with Gasteiger partial charge in [0.05, 0.1) is 17.2 Å². The van der Waals surface area contributed by atoms with E-state index in [2.05, 4.69) is 41.4 Å². The molecule has 0 radical (unpaired) electrons. The highest BCUT2D eigenvalue weighted by molar-refractivity contribution is 7.14. The number of rotatable bonds is 5. The minimum absolute atomic E-state index is 0.861. The molecule has 3 aromatic rings. The van der Waals surface area contributed by atoms with Crippen LogP contribution < -0.4 is 4.90 Å². The number of anilines is 1. The van der Waals surface area contributed by atoms with Crippen LogP contribution in [0.25, 0.3) is 11.3 Å². The third-order valence-corrected chi connectivity index (χ3v) is 5.27. The SMILES string of the molecule is CCc1ncc(CN(C)c2nc(-c3ccccc3)cs2)s1. The van der Waals surface area contributed by atoms with Crippen molar-refractivity contribution in [3.8, 4) is 11.3 Å². The second kappa shape index (κ2) is 6.37. The van der Waals surface area contributed by atoms with Gasteiger partial charge in [-0.2, -0.15) is 0 Å². The number of hydrogen-bond donors (Lipinski definition) is 0. The molecule has 0 unspecified atom stereocenters. The highest BCUT2D eigenvalue weighted by Gasteiger charge is 2.10. The van der Waals surface area contributed by atoms with Crippen LogP contribution in [0.2, 0.25) is 0 Å². The fraction of sp³-hybridized carbons (Fsp3) is 0.250. The molecule has 0 fully saturated rings. The number of aromatic nitrogens is 2. The third kappa shape index (κ3) is 3.31. The summed E-state index contributed by atoms with van der Waals surface area (Å²) in [5.41, 5.74) is 2.21. The number of benzene rings is 1. The summed E-state index contributed by atoms with van der Waals surface area (Å²) in [6, 6.07) is 10.3. The van der Waals surface area contributed by atoms with Gasteiger partial charge in [-0.1, -0.05) is 37.3 Å². The molecular formula is C16H17N3S2. The Morgan fingerprint density at radius 2 is 2.00 bits per heavy atom. The van der Waals surface area contributed by atoms with E-state index in [4.69, 9.17) is 4.98 Å². The molecule has 0 aliphatic rings. The quantitative estimate of drug-likeness (QED) is 0.696. The maximum absolute atomic E-state index is 4.73. The van der Waals surface area contributed by atoms with Crippen LogP contribution in [0.5, 0.6) is 0 Å². The molecule has 2 heterocycles. The van der Waals surface area contributed by atoms with E-state index >= 15 is 0 Å². The molecular weight excluding hydrogens is 298 g/mol. The largest absolute Gasteiger partial charge is 0.346 e. The fourth-order valence-electron chi connectivity index (χ4n) is 2.07. The van der Waals surface area contributed by atoms with Crippen LogP contribution in [0, 0.1) is 0 Å². The number of hydrogen-bond acceptors (Lipinski definition) is 5. The van der Waals surface area contributed by atoms with E-state index in [1.54, 1.807) is 22.7 Å². The maximum Gasteiger partial charge on any atom is 0.185 e. The summed E-state index contributed by atoms with van der Waals surface area (Å²) in [5, 5.41) is 4.36. The standard InChI is InChI=1S/C16H17N3S2/c1-3-15-17-9-13(21-15)10-19(2)16-18-14(11-20-16)12-7-5-4-6-8-12/h4-9,11H,3,10H2,1-2H3. The Bertz CT molecular complexity index is 703. The van der Waals surface area contributed by atoms with E-state index in [1.807, 2.05) is 24.4 Å². The van der Waals surface area contributed by atoms with Crippen molar-refractivity contribution in [2.45, 2.75) is 19.9 Å². The van der Waals surface area contributed by atoms with E-state index < -0.39 is 0 Å². The third-order valence-electron chi connectivity index (χ3n) is 3.19. The predicted molar refractivity (Wildman–Crippen MR) is 91.1 cm³/mol. The summed E-state index contributed by atoms with van der Waals surface area (Å²) in [5.74, 6) is 0. The molecule has 3 nitrogen and oxygen atoms in total. The van der Waals surface area contributed by atoms with Crippen LogP contribution in [-0.4, -0.2) is 17.0 Å². The molecule has 5 heteroatoms. The molecule has 0 bridgehead atoms. The Morgan fingerprint density at radius 1 is 1.19 bits per heavy atom. The second-order valence-electron chi connectivity index (χ2n) is 4.81. The first-order chi connectivity index (χ1) is 10.3. The van der Waals surface area contributed by atoms with Crippen LogP contribution in [0.3, 0.4) is 0 Å². The van der Waals surface area contributed by atoms with Gasteiger partial charge >= 0.3 is 0 Å². The highest BCUT2D eigenvalue weighted by Crippen LogP contribution is 2.28. The molecule has 0 N–H and O–H groups in total. The lowest BCUT2D eigenvalue weighted by atomic mass is 10.2. The van der Waals surface area contributed by atoms with Gasteiger partial charge in [0, 0.05) is 29.1 Å². The smallest absolute Gasteiger partial charge is 0.185 e. The average Bonchev–Trinajstić information content (AvgIpc) is 3.17. The van der Waals surface area contributed by atoms with E-state index in [0.717, 1.165) is 23.8 Å². The summed E-state index contributed by atoms with van der Waals surface area (Å²) < 4.78 is 0. The molecule has 2 aromatic heterocycles. The molecule has 3 rings (SSSR count). The van der Waals surface area contributed by atoms with Gasteiger partial charge in [0.2, 0.25) is 0 Å². The van der Waals surface area contributed by atoms with Gasteiger partial charge in [-0.15, -0.1) is 22.7 Å². The number of aryl methyl sites for hydroxylation is 1. The molecule has 0 spiro atoms. The van der Waals surface area contributed by atoms with Crippen molar-refractivity contribution >= 4 is 27.8 Å². The van der Waals surface area contributed by atoms with Crippen LogP contribution in [0.1, 0.15) is 16.8 Å². The zero-order chi connectivity index (χ0) is 14.7. The van der Waals surface area contributed by atoms with E-state index in [1.165, 1.54) is 15.4 Å². The van der Waals surface area contributed by atoms with E-state index in [0.29, 0.717) is 0 Å². The summed E-state index contributed by atoms with van der Waals surface area (Å²) >= 11 is 3.47. The molecule has 0 atom stereocenters. The van der Waals surface area contributed by atoms with Crippen LogP contribution >= 0.6 is 22.7 Å². The first kappa shape index (κ1) is 14.2. The first-order valence-electron chi connectivity index (χ1n) is 6.92. The first-order valence-corrected chi connectivity index (χ1v) is 8.61. The summed E-state index contributed by atoms with van der Waals surface area (Å²) in [6.07, 6.45) is 2.98. The summed E-state index contributed by atoms with van der Waals surface area (Å²) in [4.78, 5) is 12.6. The highest BCUT2D eigenvalue weighted by atomic mass is 32.1. The molecule has 21 heavy (non-hydrogen) atoms. The van der Waals surface area contributed by atoms with E-state index in [9.17, 15) is 0 Å². The molecule has 0 saturated heterocycles. The van der Waals surface area contributed by atoms with Gasteiger partial charge in [-0.3, -0.25) is 0 Å². The van der Waals surface area contributed by atoms with Crippen molar-refractivity contribution in [2.75, 3.05) is 11.9 Å². The van der Waals surface area contributed by atoms with Gasteiger partial charge in [-0.25, -0.2) is 9.97 Å². The van der Waals surface area contributed by atoms with Gasteiger partial charge in [-0.05, 0) is 6.42 Å². The molecule has 0 aliphatic heterocycles. The minimum atomic E-state index is 0.861. The number of thiazole rings is 2. The lowest BCUT2D eigenvalue weighted by molar-refractivity contribution is 0.928. The Hall–Kier alpha value is -1.72. The van der Waals surface area contributed by atoms with Gasteiger partial charge in [0.15, 0.2) is 5.13 Å². The van der Waals surface area contributed by atoms with Crippen molar-refractivity contribution < 1.29 is 0 Å². The lowest BCUT2D eigenvalue weighted by Crippen LogP contribution is -2.15. The zero-order valence-corrected chi connectivity index (χ0v) is 13.7. The Labute approximate surface area is 132 Å². The second-order valence-corrected chi connectivity index (χ2v) is 6.85. The summed E-state index contributed by atoms with van der Waals surface area (Å²) in [7, 11) is 2.08. The normalized spacial score (nSPS) is 10.8. The van der Waals surface area contributed by atoms with Gasteiger partial charge < -0.3 is 4.90 Å². The molecule has 0 amide bonds. The number of nitrogens with zero attached hydrogens (tertiary/aromatic N) is 3. The van der Waals surface area contributed by atoms with Gasteiger partial charge in [0.25, 0.3) is 0 Å². The maximum atomic E-state index is 4.73. The van der Waals surface area contributed by atoms with Crippen molar-refractivity contribution in [2.24, 2.45) is 0 Å². The average molecular weight is 315 g/mol. The van der Waals surface area contributed by atoms with Crippen molar-refractivity contribution in [1.29, 1.82) is 0 Å². The zero-order valence-electron chi connectivity index (χ0n) is 12.1. The van der Waals surface area contributed by atoms with Crippen LogP contribution in [-0.2, 0) is 13.0 Å². The topological polar surface area (TPSA) is 29.0 Å². The Balaban J connectivity index is 1.73. The van der Waals surface area contributed by atoms with Crippen LogP contribution in [0.15, 0.2) is 41.9 Å². The Morgan fingerprint density at radius 3 is 2.71 bits per heavy atom. The van der Waals surface area contributed by atoms with Crippen LogP contribution in [0.4, 0.5) is 5.13 Å². The van der Waals surface area contributed by atoms with Crippen molar-refractivity contribution in [1.82, 2.24) is 9.97 Å². The molecule has 108 valence electrons. The van der Waals surface area contributed by atoms with Crippen molar-refractivity contribution in [3.05, 3.63) is 51.8 Å². The van der Waals surface area contributed by atoms with E-state index in [-0.39, 0.29) is 0 Å². The lowest BCUT2D eigenvalue weighted by Gasteiger charge is -2.13. The molecule has 0 saturated carbocycles. The van der Waals surface area contributed by atoms with Gasteiger partial charge in [0.1, 0.15) is 0 Å². The molecule has 1 aromatic carbocycles. The van der Waals surface area contributed by atoms with Crippen molar-refractivity contribution in [3.63, 3.8) is 0 Å². The molecule has 0 aliphatic carbocycles. The summed E-state index contributed by atoms with van der Waals surface area (Å²) in [6.45, 7) is 3.00.